The summed E-state index contributed by atoms with van der Waals surface area (Å²) in [5.41, 5.74) is -1.03. The van der Waals surface area contributed by atoms with E-state index in [1.165, 1.54) is 23.8 Å². The minimum absolute atomic E-state index is 0.0350. The van der Waals surface area contributed by atoms with Gasteiger partial charge in [0.1, 0.15) is 12.7 Å². The normalized spacial score (nSPS) is 12.5. The number of carboxylic acids is 3. The minimum Gasteiger partial charge on any atom is -0.480 e. The zero-order chi connectivity index (χ0) is 25.1. The van der Waals surface area contributed by atoms with Gasteiger partial charge in [0.15, 0.2) is 0 Å². The van der Waals surface area contributed by atoms with Gasteiger partial charge < -0.3 is 30.1 Å². The molecule has 0 bridgehead atoms. The summed E-state index contributed by atoms with van der Waals surface area (Å²) in [7, 11) is 1.54. The van der Waals surface area contributed by atoms with Gasteiger partial charge in [-0.15, -0.1) is 0 Å². The van der Waals surface area contributed by atoms with E-state index in [1.807, 2.05) is 0 Å². The van der Waals surface area contributed by atoms with Crippen LogP contribution in [0.3, 0.4) is 0 Å². The predicted molar refractivity (Wildman–Crippen MR) is 110 cm³/mol. The molecule has 13 nitrogen and oxygen atoms in total. The molecule has 0 aliphatic carbocycles. The van der Waals surface area contributed by atoms with Crippen molar-refractivity contribution in [3.63, 3.8) is 0 Å². The number of carbonyl (C=O) groups is 5. The van der Waals surface area contributed by atoms with Crippen molar-refractivity contribution in [2.24, 2.45) is 5.41 Å². The average molecular weight is 463 g/mol. The Balaban J connectivity index is 4.86. The lowest BCUT2D eigenvalue weighted by atomic mass is 9.93. The van der Waals surface area contributed by atoms with E-state index in [9.17, 15) is 29.1 Å². The van der Waals surface area contributed by atoms with E-state index in [2.05, 4.69) is 0 Å². The summed E-state index contributed by atoms with van der Waals surface area (Å²) in [6, 6.07) is 0. The second kappa shape index (κ2) is 13.6. The topological polar surface area (TPSA) is 185 Å². The first-order chi connectivity index (χ1) is 14.6. The molecule has 13 heteroatoms. The van der Waals surface area contributed by atoms with Crippen LogP contribution < -0.4 is 0 Å². The smallest absolute Gasteiger partial charge is 0.317 e. The van der Waals surface area contributed by atoms with Gasteiger partial charge in [0, 0.05) is 40.2 Å². The van der Waals surface area contributed by atoms with E-state index in [4.69, 9.17) is 20.1 Å². The fourth-order valence-electron chi connectivity index (χ4n) is 2.79. The molecule has 0 aliphatic rings. The number of rotatable bonds is 16. The molecule has 32 heavy (non-hydrogen) atoms. The summed E-state index contributed by atoms with van der Waals surface area (Å²) in [5.74, 6) is -4.55. The van der Waals surface area contributed by atoms with Crippen molar-refractivity contribution in [1.82, 2.24) is 14.7 Å². The Morgan fingerprint density at radius 3 is 1.75 bits per heavy atom. The molecule has 0 aromatic rings. The third-order valence-electron chi connectivity index (χ3n) is 4.41. The molecular weight excluding hydrogens is 430 g/mol. The van der Waals surface area contributed by atoms with Crippen molar-refractivity contribution in [2.45, 2.75) is 26.9 Å². The SMILES string of the molecule is CC(=O)N(C)CC(C)(C)C(=O)OCC(O)CN(CCN(CC(=O)O)CC(=O)O)CC(=O)O. The highest BCUT2D eigenvalue weighted by Gasteiger charge is 2.32. The molecule has 1 unspecified atom stereocenters. The van der Waals surface area contributed by atoms with Gasteiger partial charge in [0.25, 0.3) is 0 Å². The van der Waals surface area contributed by atoms with Crippen LogP contribution in [0.1, 0.15) is 20.8 Å². The van der Waals surface area contributed by atoms with Crippen LogP contribution in [0.5, 0.6) is 0 Å². The van der Waals surface area contributed by atoms with Crippen LogP contribution in [0.4, 0.5) is 0 Å². The summed E-state index contributed by atoms with van der Waals surface area (Å²) in [6.45, 7) is 2.31. The van der Waals surface area contributed by atoms with Crippen molar-refractivity contribution in [3.05, 3.63) is 0 Å². The number of aliphatic carboxylic acids is 3. The van der Waals surface area contributed by atoms with E-state index in [0.717, 1.165) is 4.90 Å². The van der Waals surface area contributed by atoms with Gasteiger partial charge in [-0.25, -0.2) is 0 Å². The molecule has 0 saturated carbocycles. The third kappa shape index (κ3) is 12.8. The van der Waals surface area contributed by atoms with Crippen LogP contribution in [0, 0.1) is 5.41 Å². The summed E-state index contributed by atoms with van der Waals surface area (Å²) in [4.78, 5) is 60.3. The maximum Gasteiger partial charge on any atom is 0.317 e. The first kappa shape index (κ1) is 29.2. The van der Waals surface area contributed by atoms with E-state index < -0.39 is 61.6 Å². The van der Waals surface area contributed by atoms with Crippen LogP contribution in [0.15, 0.2) is 0 Å². The number of carboxylic acid groups (broad SMARTS) is 3. The van der Waals surface area contributed by atoms with Crippen molar-refractivity contribution in [2.75, 3.05) is 59.5 Å². The fraction of sp³-hybridized carbons (Fsp3) is 0.737. The summed E-state index contributed by atoms with van der Waals surface area (Å²) >= 11 is 0. The van der Waals surface area contributed by atoms with Gasteiger partial charge in [-0.1, -0.05) is 0 Å². The summed E-state index contributed by atoms with van der Waals surface area (Å²) in [5, 5.41) is 37.0. The maximum atomic E-state index is 12.3. The standard InChI is InChI=1S/C19H33N3O10/c1-13(23)20(4)12-19(2,3)18(31)32-11-14(24)7-21(8-15(25)26)5-6-22(9-16(27)28)10-17(29)30/h14,24H,5-12H2,1-4H3,(H,25,26)(H,27,28)(H,29,30). The number of aliphatic hydroxyl groups is 1. The van der Waals surface area contributed by atoms with Gasteiger partial charge in [0.05, 0.1) is 25.0 Å². The predicted octanol–water partition coefficient (Wildman–Crippen LogP) is -1.75. The molecule has 0 spiro atoms. The lowest BCUT2D eigenvalue weighted by Gasteiger charge is -2.29. The molecule has 184 valence electrons. The Hall–Kier alpha value is -2.77. The van der Waals surface area contributed by atoms with Crippen molar-refractivity contribution in [3.8, 4) is 0 Å². The number of carbonyl (C=O) groups excluding carboxylic acids is 2. The molecule has 1 atom stereocenters. The summed E-state index contributed by atoms with van der Waals surface area (Å²) in [6.07, 6.45) is -1.24. The van der Waals surface area contributed by atoms with Crippen molar-refractivity contribution < 1.29 is 49.1 Å². The van der Waals surface area contributed by atoms with Gasteiger partial charge in [-0.3, -0.25) is 33.8 Å². The van der Waals surface area contributed by atoms with Gasteiger partial charge in [-0.2, -0.15) is 0 Å². The second-order valence-electron chi connectivity index (χ2n) is 8.14. The quantitative estimate of drug-likeness (QED) is 0.190. The Kier molecular flexibility index (Phi) is 12.4. The highest BCUT2D eigenvalue weighted by molar-refractivity contribution is 5.78. The zero-order valence-corrected chi connectivity index (χ0v) is 18.8. The lowest BCUT2D eigenvalue weighted by Crippen LogP contribution is -2.45. The minimum atomic E-state index is -1.24. The van der Waals surface area contributed by atoms with E-state index in [-0.39, 0.29) is 32.1 Å². The van der Waals surface area contributed by atoms with Gasteiger partial charge >= 0.3 is 23.9 Å². The number of hydrogen-bond acceptors (Lipinski definition) is 9. The number of amides is 1. The third-order valence-corrected chi connectivity index (χ3v) is 4.41. The van der Waals surface area contributed by atoms with E-state index in [0.29, 0.717) is 0 Å². The Bertz CT molecular complexity index is 666. The highest BCUT2D eigenvalue weighted by atomic mass is 16.5. The van der Waals surface area contributed by atoms with Crippen LogP contribution in [0.2, 0.25) is 0 Å². The Labute approximate surface area is 186 Å². The summed E-state index contributed by atoms with van der Waals surface area (Å²) < 4.78 is 5.12. The number of aliphatic hydroxyl groups excluding tert-OH is 1. The van der Waals surface area contributed by atoms with Crippen molar-refractivity contribution in [1.29, 1.82) is 0 Å². The Morgan fingerprint density at radius 1 is 0.875 bits per heavy atom. The van der Waals surface area contributed by atoms with Crippen molar-refractivity contribution >= 4 is 29.8 Å². The Morgan fingerprint density at radius 2 is 1.31 bits per heavy atom. The molecule has 0 radical (unpaired) electrons. The van der Waals surface area contributed by atoms with Gasteiger partial charge in [0.2, 0.25) is 5.91 Å². The highest BCUT2D eigenvalue weighted by Crippen LogP contribution is 2.19. The van der Waals surface area contributed by atoms with Crippen LogP contribution in [-0.4, -0.2) is 130 Å². The number of esters is 1. The van der Waals surface area contributed by atoms with Crippen LogP contribution in [-0.2, 0) is 28.7 Å². The maximum absolute atomic E-state index is 12.3. The number of hydrogen-bond donors (Lipinski definition) is 4. The van der Waals surface area contributed by atoms with Crippen LogP contribution >= 0.6 is 0 Å². The molecule has 0 aromatic carbocycles. The molecule has 0 aliphatic heterocycles. The van der Waals surface area contributed by atoms with Gasteiger partial charge in [-0.05, 0) is 13.8 Å². The molecular formula is C19H33N3O10. The van der Waals surface area contributed by atoms with E-state index >= 15 is 0 Å². The van der Waals surface area contributed by atoms with Crippen LogP contribution in [0.25, 0.3) is 0 Å². The first-order valence-corrected chi connectivity index (χ1v) is 9.81. The molecule has 0 heterocycles. The molecule has 0 fully saturated rings. The molecule has 4 N–H and O–H groups in total. The fourth-order valence-corrected chi connectivity index (χ4v) is 2.79. The molecule has 0 rings (SSSR count). The zero-order valence-electron chi connectivity index (χ0n) is 18.8. The molecule has 0 saturated heterocycles. The largest absolute Gasteiger partial charge is 0.480 e. The molecule has 0 aromatic heterocycles. The molecule has 1 amide bonds. The number of ether oxygens (including phenoxy) is 1. The van der Waals surface area contributed by atoms with E-state index in [1.54, 1.807) is 13.8 Å². The monoisotopic (exact) mass is 463 g/mol. The number of nitrogens with zero attached hydrogens (tertiary/aromatic N) is 3. The first-order valence-electron chi connectivity index (χ1n) is 9.81. The average Bonchev–Trinajstić information content (AvgIpc) is 2.62. The lowest BCUT2D eigenvalue weighted by molar-refractivity contribution is -0.159. The second-order valence-corrected chi connectivity index (χ2v) is 8.14.